The Morgan fingerprint density at radius 3 is 1.88 bits per heavy atom. The van der Waals surface area contributed by atoms with Crippen LogP contribution in [0.15, 0.2) is 106 Å². The van der Waals surface area contributed by atoms with Crippen molar-refractivity contribution in [2.45, 2.75) is 74.0 Å². The minimum atomic E-state index is -0.185. The Labute approximate surface area is 208 Å². The van der Waals surface area contributed by atoms with Gasteiger partial charge < -0.3 is 9.47 Å². The lowest BCUT2D eigenvalue weighted by Gasteiger charge is -2.32. The molecule has 0 spiro atoms. The van der Waals surface area contributed by atoms with Gasteiger partial charge in [0.2, 0.25) is 0 Å². The molecule has 1 heterocycles. The van der Waals surface area contributed by atoms with Crippen molar-refractivity contribution >= 4 is 0 Å². The Balaban J connectivity index is 1.85. The third-order valence-electron chi connectivity index (χ3n) is 6.31. The summed E-state index contributed by atoms with van der Waals surface area (Å²) in [5.74, 6) is 0. The number of hydrogen-bond acceptors (Lipinski definition) is 2. The first-order valence-electron chi connectivity index (χ1n) is 12.5. The first kappa shape index (κ1) is 27.8. The molecular weight excluding hydrogens is 416 g/mol. The maximum absolute atomic E-state index is 5.49. The van der Waals surface area contributed by atoms with E-state index < -0.39 is 0 Å². The molecule has 2 rings (SSSR count). The van der Waals surface area contributed by atoms with E-state index in [4.69, 9.17) is 9.47 Å². The van der Waals surface area contributed by atoms with Crippen LogP contribution >= 0.6 is 0 Å². The normalized spacial score (nSPS) is 22.0. The van der Waals surface area contributed by atoms with Crippen LogP contribution in [-0.2, 0) is 9.47 Å². The summed E-state index contributed by atoms with van der Waals surface area (Å²) in [6.45, 7) is 16.8. The van der Waals surface area contributed by atoms with Crippen LogP contribution in [0.1, 0.15) is 67.7 Å². The molecule has 0 unspecified atom stereocenters. The predicted octanol–water partition coefficient (Wildman–Crippen LogP) is 8.90. The van der Waals surface area contributed by atoms with Gasteiger partial charge in [-0.1, -0.05) is 109 Å². The molecule has 2 nitrogen and oxygen atoms in total. The lowest BCUT2D eigenvalue weighted by Crippen LogP contribution is -2.19. The van der Waals surface area contributed by atoms with Gasteiger partial charge in [-0.3, -0.25) is 0 Å². The summed E-state index contributed by atoms with van der Waals surface area (Å²) in [5, 5.41) is 0. The van der Waals surface area contributed by atoms with Crippen LogP contribution in [0.25, 0.3) is 0 Å². The van der Waals surface area contributed by atoms with Crippen LogP contribution in [0.4, 0.5) is 0 Å². The van der Waals surface area contributed by atoms with Crippen molar-refractivity contribution < 1.29 is 9.47 Å². The molecule has 0 bridgehead atoms. The van der Waals surface area contributed by atoms with Gasteiger partial charge in [-0.05, 0) is 70.4 Å². The summed E-state index contributed by atoms with van der Waals surface area (Å²) in [6.07, 6.45) is 29.2. The summed E-state index contributed by atoms with van der Waals surface area (Å²) in [7, 11) is 0. The van der Waals surface area contributed by atoms with Gasteiger partial charge in [0.15, 0.2) is 6.29 Å². The molecule has 1 aliphatic carbocycles. The van der Waals surface area contributed by atoms with Crippen LogP contribution in [0.3, 0.4) is 0 Å². The number of allylic oxidation sites excluding steroid dienone is 17. The van der Waals surface area contributed by atoms with Gasteiger partial charge in [0.1, 0.15) is 0 Å². The molecule has 1 saturated heterocycles. The maximum atomic E-state index is 5.49. The summed E-state index contributed by atoms with van der Waals surface area (Å²) in [4.78, 5) is 0. The largest absolute Gasteiger partial charge is 0.346 e. The topological polar surface area (TPSA) is 18.5 Å². The molecule has 0 N–H and O–H groups in total. The second kappa shape index (κ2) is 14.1. The Kier molecular flexibility index (Phi) is 11.5. The van der Waals surface area contributed by atoms with Crippen LogP contribution in [0, 0.1) is 5.41 Å². The fourth-order valence-corrected chi connectivity index (χ4v) is 4.21. The van der Waals surface area contributed by atoms with E-state index in [0.717, 1.165) is 5.57 Å². The molecular formula is C32H44O2. The number of rotatable bonds is 9. The van der Waals surface area contributed by atoms with E-state index in [1.165, 1.54) is 41.6 Å². The molecule has 2 aliphatic rings. The Morgan fingerprint density at radius 2 is 1.29 bits per heavy atom. The van der Waals surface area contributed by atoms with Crippen molar-refractivity contribution in [3.8, 4) is 0 Å². The first-order valence-corrected chi connectivity index (χ1v) is 12.5. The van der Waals surface area contributed by atoms with Crippen molar-refractivity contribution in [1.82, 2.24) is 0 Å². The lowest BCUT2D eigenvalue weighted by molar-refractivity contribution is -0.0109. The third kappa shape index (κ3) is 9.83. The summed E-state index contributed by atoms with van der Waals surface area (Å²) < 4.78 is 11.0. The van der Waals surface area contributed by atoms with Gasteiger partial charge >= 0.3 is 0 Å². The van der Waals surface area contributed by atoms with Crippen molar-refractivity contribution in [1.29, 1.82) is 0 Å². The molecule has 0 amide bonds. The van der Waals surface area contributed by atoms with Gasteiger partial charge in [0, 0.05) is 0 Å². The van der Waals surface area contributed by atoms with Gasteiger partial charge in [-0.15, -0.1) is 0 Å². The molecule has 0 radical (unpaired) electrons. The highest BCUT2D eigenvalue weighted by Crippen LogP contribution is 2.40. The number of hydrogen-bond donors (Lipinski definition) is 0. The van der Waals surface area contributed by atoms with Crippen LogP contribution < -0.4 is 0 Å². The standard InChI is InChI=1S/C32H44O2/c1-25(13-8-9-14-26(2)17-11-18-29(5)31-33-23-24-34-31)15-10-16-27(3)20-21-30-28(4)19-12-22-32(30,6)7/h8-11,13-18,20-21,31H,12,19,22-24H2,1-7H3/b9-8+,15-10+,17-11+,21-20+,25-13+,26-14+,27-16+,29-18+. The van der Waals surface area contributed by atoms with E-state index in [-0.39, 0.29) is 11.7 Å². The summed E-state index contributed by atoms with van der Waals surface area (Å²) in [6, 6.07) is 0. The Bertz CT molecular complexity index is 949. The molecule has 0 saturated carbocycles. The molecule has 1 aliphatic heterocycles. The van der Waals surface area contributed by atoms with E-state index in [0.29, 0.717) is 13.2 Å². The quantitative estimate of drug-likeness (QED) is 0.320. The van der Waals surface area contributed by atoms with Crippen molar-refractivity contribution in [3.63, 3.8) is 0 Å². The lowest BCUT2D eigenvalue weighted by atomic mass is 9.72. The average Bonchev–Trinajstić information content (AvgIpc) is 3.31. The summed E-state index contributed by atoms with van der Waals surface area (Å²) in [5.41, 5.74) is 8.10. The molecule has 0 atom stereocenters. The van der Waals surface area contributed by atoms with E-state index in [1.807, 2.05) is 19.1 Å². The second-order valence-electron chi connectivity index (χ2n) is 10.1. The zero-order valence-electron chi connectivity index (χ0n) is 22.4. The minimum absolute atomic E-state index is 0.185. The molecule has 1 fully saturated rings. The van der Waals surface area contributed by atoms with Crippen molar-refractivity contribution in [2.24, 2.45) is 5.41 Å². The SMILES string of the molecule is CC1=C(/C=C/C(C)=C/C=C/C(C)=C/C=C/C=C(C)/C=C/C=C(\C)C2OCCO2)C(C)(C)CCC1. The fraction of sp³-hybridized carbons (Fsp3) is 0.438. The van der Waals surface area contributed by atoms with Gasteiger partial charge in [-0.25, -0.2) is 0 Å². The molecule has 0 aromatic heterocycles. The second-order valence-corrected chi connectivity index (χ2v) is 10.1. The molecule has 2 heteroatoms. The fourth-order valence-electron chi connectivity index (χ4n) is 4.21. The highest BCUT2D eigenvalue weighted by Gasteiger charge is 2.26. The predicted molar refractivity (Wildman–Crippen MR) is 148 cm³/mol. The van der Waals surface area contributed by atoms with Crippen LogP contribution in [-0.4, -0.2) is 19.5 Å². The van der Waals surface area contributed by atoms with Gasteiger partial charge in [0.25, 0.3) is 0 Å². The van der Waals surface area contributed by atoms with Crippen LogP contribution in [0.5, 0.6) is 0 Å². The smallest absolute Gasteiger partial charge is 0.180 e. The molecule has 0 aromatic rings. The monoisotopic (exact) mass is 460 g/mol. The third-order valence-corrected chi connectivity index (χ3v) is 6.31. The highest BCUT2D eigenvalue weighted by atomic mass is 16.7. The maximum Gasteiger partial charge on any atom is 0.180 e. The Morgan fingerprint density at radius 1 is 0.765 bits per heavy atom. The zero-order chi connectivity index (χ0) is 25.0. The van der Waals surface area contributed by atoms with E-state index >= 15 is 0 Å². The number of ether oxygens (including phenoxy) is 2. The molecule has 184 valence electrons. The average molecular weight is 461 g/mol. The Hall–Kier alpha value is -2.42. The van der Waals surface area contributed by atoms with Crippen molar-refractivity contribution in [2.75, 3.05) is 13.2 Å². The highest BCUT2D eigenvalue weighted by molar-refractivity contribution is 5.37. The van der Waals surface area contributed by atoms with Crippen molar-refractivity contribution in [3.05, 3.63) is 106 Å². The van der Waals surface area contributed by atoms with E-state index in [9.17, 15) is 0 Å². The van der Waals surface area contributed by atoms with Gasteiger partial charge in [0.05, 0.1) is 13.2 Å². The molecule has 34 heavy (non-hydrogen) atoms. The van der Waals surface area contributed by atoms with Crippen LogP contribution in [0.2, 0.25) is 0 Å². The van der Waals surface area contributed by atoms with E-state index in [2.05, 4.69) is 102 Å². The first-order chi connectivity index (χ1) is 16.2. The van der Waals surface area contributed by atoms with E-state index in [1.54, 1.807) is 5.57 Å². The zero-order valence-corrected chi connectivity index (χ0v) is 22.4. The minimum Gasteiger partial charge on any atom is -0.346 e. The van der Waals surface area contributed by atoms with Gasteiger partial charge in [-0.2, -0.15) is 0 Å². The summed E-state index contributed by atoms with van der Waals surface area (Å²) >= 11 is 0. The molecule has 0 aromatic carbocycles.